The minimum absolute atomic E-state index is 0.721. The van der Waals surface area contributed by atoms with Crippen LogP contribution < -0.4 is 5.73 Å². The summed E-state index contributed by atoms with van der Waals surface area (Å²) in [6.45, 7) is 0. The summed E-state index contributed by atoms with van der Waals surface area (Å²) < 4.78 is 0. The van der Waals surface area contributed by atoms with Crippen LogP contribution in [-0.4, -0.2) is 0 Å². The molecule has 0 unspecified atom stereocenters. The molecule has 0 heterocycles. The Labute approximate surface area is 74.3 Å². The fourth-order valence-corrected chi connectivity index (χ4v) is 0.589. The van der Waals surface area contributed by atoms with Gasteiger partial charge in [0.05, 0.1) is 0 Å². The van der Waals surface area contributed by atoms with Crippen LogP contribution in [0.5, 0.6) is 0 Å². The van der Waals surface area contributed by atoms with Crippen molar-refractivity contribution in [3.8, 4) is 0 Å². The zero-order valence-corrected chi connectivity index (χ0v) is 7.29. The average molecular weight is 198 g/mol. The van der Waals surface area contributed by atoms with Crippen molar-refractivity contribution in [3.63, 3.8) is 0 Å². The molecule has 0 atom stereocenters. The van der Waals surface area contributed by atoms with Gasteiger partial charge in [-0.15, -0.1) is 0 Å². The van der Waals surface area contributed by atoms with Gasteiger partial charge < -0.3 is 5.73 Å². The van der Waals surface area contributed by atoms with Gasteiger partial charge in [-0.05, 0) is 24.3 Å². The van der Waals surface area contributed by atoms with E-state index in [1.165, 1.54) is 0 Å². The number of hydrogen-bond donors (Lipinski definition) is 1. The van der Waals surface area contributed by atoms with E-state index in [2.05, 4.69) is 21.7 Å². The van der Waals surface area contributed by atoms with Crippen molar-refractivity contribution < 1.29 is 0 Å². The molecule has 0 aliphatic heterocycles. The lowest BCUT2D eigenvalue weighted by Crippen LogP contribution is -1.80. The van der Waals surface area contributed by atoms with Crippen molar-refractivity contribution >= 4 is 39.0 Å². The molecular formula is C6H6Cl3N. The summed E-state index contributed by atoms with van der Waals surface area (Å²) in [5, 5.41) is 0.721. The Bertz CT molecular complexity index is 152. The van der Waals surface area contributed by atoms with Crippen molar-refractivity contribution in [2.75, 3.05) is 5.73 Å². The molecule has 0 fully saturated rings. The topological polar surface area (TPSA) is 26.0 Å². The van der Waals surface area contributed by atoms with Gasteiger partial charge in [-0.25, -0.2) is 0 Å². The van der Waals surface area contributed by atoms with E-state index in [9.17, 15) is 0 Å². The Hall–Kier alpha value is -0.110. The number of benzene rings is 1. The first-order valence-electron chi connectivity index (χ1n) is 2.44. The summed E-state index contributed by atoms with van der Waals surface area (Å²) >= 11 is 5.56. The predicted octanol–water partition coefficient (Wildman–Crippen LogP) is 3.30. The molecule has 1 rings (SSSR count). The van der Waals surface area contributed by atoms with E-state index in [-0.39, 0.29) is 0 Å². The van der Waals surface area contributed by atoms with E-state index >= 15 is 0 Å². The maximum atomic E-state index is 5.56. The van der Waals surface area contributed by atoms with Crippen molar-refractivity contribution in [2.24, 2.45) is 0 Å². The van der Waals surface area contributed by atoms with Crippen LogP contribution in [0.4, 0.5) is 5.69 Å². The van der Waals surface area contributed by atoms with E-state index in [0.717, 1.165) is 10.7 Å². The second-order valence-electron chi connectivity index (χ2n) is 1.55. The molecule has 56 valence electrons. The molecule has 10 heavy (non-hydrogen) atoms. The molecule has 0 radical (unpaired) electrons. The fourth-order valence-electron chi connectivity index (χ4n) is 0.463. The normalized spacial score (nSPS) is 7.90. The molecule has 0 saturated carbocycles. The maximum absolute atomic E-state index is 5.56. The van der Waals surface area contributed by atoms with Crippen LogP contribution >= 0.6 is 33.3 Å². The highest BCUT2D eigenvalue weighted by Gasteiger charge is 1.82. The summed E-state index contributed by atoms with van der Waals surface area (Å²) in [6.07, 6.45) is 0. The minimum atomic E-state index is 0.721. The monoisotopic (exact) mass is 197 g/mol. The van der Waals surface area contributed by atoms with Crippen molar-refractivity contribution in [2.45, 2.75) is 0 Å². The first-order valence-corrected chi connectivity index (χ1v) is 3.96. The molecule has 0 spiro atoms. The lowest BCUT2D eigenvalue weighted by molar-refractivity contribution is 1.69. The molecule has 4 heteroatoms. The third-order valence-electron chi connectivity index (χ3n) is 0.870. The molecule has 0 aliphatic rings. The largest absolute Gasteiger partial charge is 0.399 e. The summed E-state index contributed by atoms with van der Waals surface area (Å²) in [4.78, 5) is 0. The molecule has 0 aliphatic carbocycles. The standard InChI is InChI=1S/C6H6ClN.Cl2/c7-5-1-3-6(8)4-2-5;1-2/h1-4H,8H2;. The van der Waals surface area contributed by atoms with Gasteiger partial charge >= 0.3 is 0 Å². The Morgan fingerprint density at radius 3 is 1.70 bits per heavy atom. The highest BCUT2D eigenvalue weighted by Crippen LogP contribution is 2.09. The van der Waals surface area contributed by atoms with E-state index in [1.54, 1.807) is 24.3 Å². The predicted molar refractivity (Wildman–Crippen MR) is 47.6 cm³/mol. The van der Waals surface area contributed by atoms with E-state index in [4.69, 9.17) is 17.3 Å². The Morgan fingerprint density at radius 1 is 1.00 bits per heavy atom. The van der Waals surface area contributed by atoms with E-state index < -0.39 is 0 Å². The highest BCUT2D eigenvalue weighted by atomic mass is 36.5. The van der Waals surface area contributed by atoms with Crippen LogP contribution in [0.3, 0.4) is 0 Å². The number of nitrogen functional groups attached to an aromatic ring is 1. The lowest BCUT2D eigenvalue weighted by Gasteiger charge is -1.88. The minimum Gasteiger partial charge on any atom is -0.399 e. The third kappa shape index (κ3) is 3.83. The maximum Gasteiger partial charge on any atom is 0.0407 e. The molecular weight excluding hydrogens is 192 g/mol. The van der Waals surface area contributed by atoms with Gasteiger partial charge in [0.2, 0.25) is 0 Å². The van der Waals surface area contributed by atoms with Crippen molar-refractivity contribution in [3.05, 3.63) is 29.3 Å². The van der Waals surface area contributed by atoms with Gasteiger partial charge in [0.25, 0.3) is 0 Å². The van der Waals surface area contributed by atoms with Crippen LogP contribution in [0.1, 0.15) is 0 Å². The summed E-state index contributed by atoms with van der Waals surface area (Å²) in [5.41, 5.74) is 6.11. The average Bonchev–Trinajstić information content (AvgIpc) is 2.00. The Balaban J connectivity index is 0.000000371. The van der Waals surface area contributed by atoms with Gasteiger partial charge in [-0.2, -0.15) is 0 Å². The molecule has 2 N–H and O–H groups in total. The smallest absolute Gasteiger partial charge is 0.0407 e. The first-order chi connectivity index (χ1) is 4.79. The van der Waals surface area contributed by atoms with Crippen LogP contribution in [0.25, 0.3) is 0 Å². The third-order valence-corrected chi connectivity index (χ3v) is 1.12. The molecule has 0 aromatic heterocycles. The second kappa shape index (κ2) is 5.66. The zero-order valence-electron chi connectivity index (χ0n) is 5.02. The first kappa shape index (κ1) is 9.89. The molecule has 0 bridgehead atoms. The van der Waals surface area contributed by atoms with Crippen molar-refractivity contribution in [1.82, 2.24) is 0 Å². The number of hydrogen-bond acceptors (Lipinski definition) is 1. The molecule has 0 saturated heterocycles. The summed E-state index contributed by atoms with van der Waals surface area (Å²) in [6, 6.07) is 7.05. The lowest BCUT2D eigenvalue weighted by atomic mass is 10.3. The number of anilines is 1. The van der Waals surface area contributed by atoms with Gasteiger partial charge in [0.15, 0.2) is 0 Å². The van der Waals surface area contributed by atoms with Crippen molar-refractivity contribution in [1.29, 1.82) is 0 Å². The van der Waals surface area contributed by atoms with Crippen LogP contribution in [0, 0.1) is 0 Å². The number of rotatable bonds is 0. The SMILES string of the molecule is ClCl.Nc1ccc(Cl)cc1. The highest BCUT2D eigenvalue weighted by molar-refractivity contribution is 6.85. The van der Waals surface area contributed by atoms with Gasteiger partial charge in [-0.1, -0.05) is 11.6 Å². The molecule has 1 aromatic carbocycles. The van der Waals surface area contributed by atoms with E-state index in [0.29, 0.717) is 0 Å². The molecule has 1 aromatic rings. The second-order valence-corrected chi connectivity index (χ2v) is 1.99. The van der Waals surface area contributed by atoms with Gasteiger partial charge in [0.1, 0.15) is 0 Å². The quantitative estimate of drug-likeness (QED) is 0.636. The molecule has 0 amide bonds. The Kier molecular flexibility index (Phi) is 5.60. The van der Waals surface area contributed by atoms with Crippen LogP contribution in [0.15, 0.2) is 24.3 Å². The fraction of sp³-hybridized carbons (Fsp3) is 0. The summed E-state index contributed by atoms with van der Waals surface area (Å²) in [7, 11) is 8.22. The summed E-state index contributed by atoms with van der Waals surface area (Å²) in [5.74, 6) is 0. The van der Waals surface area contributed by atoms with Crippen LogP contribution in [-0.2, 0) is 0 Å². The Morgan fingerprint density at radius 2 is 1.40 bits per heavy atom. The number of nitrogens with two attached hydrogens (primary N) is 1. The zero-order chi connectivity index (χ0) is 7.98. The van der Waals surface area contributed by atoms with Gasteiger partial charge in [-0.3, -0.25) is 0 Å². The number of halogens is 3. The molecule has 1 nitrogen and oxygen atoms in total. The van der Waals surface area contributed by atoms with Crippen LogP contribution in [0.2, 0.25) is 5.02 Å². The van der Waals surface area contributed by atoms with Gasteiger partial charge in [0, 0.05) is 32.4 Å². The van der Waals surface area contributed by atoms with E-state index in [1.807, 2.05) is 0 Å².